The molecule has 1 aromatic heterocycles. The summed E-state index contributed by atoms with van der Waals surface area (Å²) >= 11 is 0. The lowest BCUT2D eigenvalue weighted by atomic mass is 10.1. The van der Waals surface area contributed by atoms with Crippen molar-refractivity contribution in [1.29, 1.82) is 0 Å². The van der Waals surface area contributed by atoms with Crippen molar-refractivity contribution in [2.45, 2.75) is 19.5 Å². The number of H-pyrrole nitrogens is 1. The fraction of sp³-hybridized carbons (Fsp3) is 0.400. The number of piperazine rings is 1. The highest BCUT2D eigenvalue weighted by Crippen LogP contribution is 2.08. The van der Waals surface area contributed by atoms with Gasteiger partial charge in [0.1, 0.15) is 32.0 Å². The van der Waals surface area contributed by atoms with Crippen LogP contribution in [0.25, 0.3) is 0 Å². The molecule has 138 valence electrons. The summed E-state index contributed by atoms with van der Waals surface area (Å²) in [7, 11) is 1.79. The van der Waals surface area contributed by atoms with Crippen LogP contribution < -0.4 is 14.8 Å². The number of aromatic nitrogens is 1. The van der Waals surface area contributed by atoms with E-state index in [1.165, 1.54) is 17.0 Å². The highest BCUT2D eigenvalue weighted by atomic mass is 19.1. The molecular formula is C20H27FN4O+2. The number of amides is 1. The second-order valence-corrected chi connectivity index (χ2v) is 6.94. The average molecular weight is 358 g/mol. The van der Waals surface area contributed by atoms with E-state index in [4.69, 9.17) is 0 Å². The lowest BCUT2D eigenvalue weighted by molar-refractivity contribution is -0.915. The molecule has 3 rings (SSSR count). The fourth-order valence-corrected chi connectivity index (χ4v) is 3.54. The van der Waals surface area contributed by atoms with E-state index in [0.29, 0.717) is 6.54 Å². The molecule has 0 saturated carbocycles. The Labute approximate surface area is 154 Å². The highest BCUT2D eigenvalue weighted by Gasteiger charge is 2.33. The van der Waals surface area contributed by atoms with Crippen LogP contribution in [0, 0.1) is 5.82 Å². The molecule has 6 heteroatoms. The summed E-state index contributed by atoms with van der Waals surface area (Å²) in [6.07, 6.45) is 1.93. The van der Waals surface area contributed by atoms with E-state index in [-0.39, 0.29) is 17.8 Å². The Morgan fingerprint density at radius 3 is 2.69 bits per heavy atom. The lowest BCUT2D eigenvalue weighted by Gasteiger charge is -2.33. The van der Waals surface area contributed by atoms with Crippen LogP contribution >= 0.6 is 0 Å². The summed E-state index contributed by atoms with van der Waals surface area (Å²) in [5.41, 5.74) is 0.812. The molecule has 26 heavy (non-hydrogen) atoms. The van der Waals surface area contributed by atoms with Gasteiger partial charge < -0.3 is 9.80 Å². The summed E-state index contributed by atoms with van der Waals surface area (Å²) in [5.74, 6) is 0.952. The first-order valence-electron chi connectivity index (χ1n) is 9.10. The van der Waals surface area contributed by atoms with Gasteiger partial charge in [0.05, 0.1) is 6.20 Å². The van der Waals surface area contributed by atoms with E-state index >= 15 is 0 Å². The minimum absolute atomic E-state index is 0.101. The van der Waals surface area contributed by atoms with Crippen LogP contribution in [0.1, 0.15) is 12.5 Å². The number of carbonyl (C=O) groups excluding carboxylic acids is 1. The zero-order valence-electron chi connectivity index (χ0n) is 15.4. The normalized spacial score (nSPS) is 16.3. The first kappa shape index (κ1) is 18.3. The van der Waals surface area contributed by atoms with E-state index < -0.39 is 0 Å². The van der Waals surface area contributed by atoms with Gasteiger partial charge in [-0.1, -0.05) is 18.2 Å². The Hall–Kier alpha value is -2.47. The third-order valence-corrected chi connectivity index (χ3v) is 5.11. The molecule has 0 spiro atoms. The molecule has 0 bridgehead atoms. The number of benzene rings is 1. The summed E-state index contributed by atoms with van der Waals surface area (Å²) in [4.78, 5) is 21.4. The smallest absolute Gasteiger partial charge is 0.280 e. The number of aromatic amines is 1. The number of carbonyl (C=O) groups is 1. The van der Waals surface area contributed by atoms with Crippen molar-refractivity contribution in [3.63, 3.8) is 0 Å². The Morgan fingerprint density at radius 1 is 1.27 bits per heavy atom. The number of hydrogen-bond acceptors (Lipinski definition) is 2. The van der Waals surface area contributed by atoms with Crippen LogP contribution in [-0.2, 0) is 11.3 Å². The largest absolute Gasteiger partial charge is 0.336 e. The van der Waals surface area contributed by atoms with Gasteiger partial charge in [-0.15, -0.1) is 0 Å². The Balaban J connectivity index is 1.54. The lowest BCUT2D eigenvalue weighted by Crippen LogP contribution is -3.19. The summed E-state index contributed by atoms with van der Waals surface area (Å²) < 4.78 is 13.3. The maximum Gasteiger partial charge on any atom is 0.280 e. The second kappa shape index (κ2) is 8.27. The molecule has 1 aromatic carbocycles. The standard InChI is InChI=1S/C20H25FN4O/c1-16(20(26)23(2)15-17-6-5-7-18(21)14-17)24-10-12-25(13-11-24)19-8-3-4-9-22-19/h3-9,14,16H,10-13,15H2,1-2H3/p+2/t16-/m0/s1. The number of quaternary nitrogens is 1. The number of nitrogens with zero attached hydrogens (tertiary/aromatic N) is 2. The molecule has 1 aliphatic heterocycles. The van der Waals surface area contributed by atoms with Crippen molar-refractivity contribution >= 4 is 11.7 Å². The van der Waals surface area contributed by atoms with E-state index in [2.05, 4.69) is 16.0 Å². The minimum atomic E-state index is -0.268. The SMILES string of the molecule is C[C@@H](C(=O)N(C)Cc1cccc(F)c1)[NH+]1CCN(c2cccc[nH+]2)CC1. The van der Waals surface area contributed by atoms with Gasteiger partial charge in [0, 0.05) is 19.7 Å². The number of hydrogen-bond donors (Lipinski definition) is 1. The number of halogens is 1. The molecule has 2 N–H and O–H groups in total. The predicted octanol–water partition coefficient (Wildman–Crippen LogP) is 0.392. The van der Waals surface area contributed by atoms with Crippen molar-refractivity contribution in [1.82, 2.24) is 4.90 Å². The van der Waals surface area contributed by atoms with Crippen LogP contribution in [0.5, 0.6) is 0 Å². The van der Waals surface area contributed by atoms with Crippen molar-refractivity contribution in [2.24, 2.45) is 0 Å². The topological polar surface area (TPSA) is 42.1 Å². The van der Waals surface area contributed by atoms with Crippen LogP contribution in [0.2, 0.25) is 0 Å². The van der Waals surface area contributed by atoms with Crippen LogP contribution in [0.15, 0.2) is 48.7 Å². The van der Waals surface area contributed by atoms with Crippen molar-refractivity contribution in [3.8, 4) is 0 Å². The Kier molecular flexibility index (Phi) is 5.83. The third kappa shape index (κ3) is 4.38. The van der Waals surface area contributed by atoms with Crippen molar-refractivity contribution in [3.05, 3.63) is 60.0 Å². The van der Waals surface area contributed by atoms with E-state index in [0.717, 1.165) is 37.6 Å². The molecule has 1 amide bonds. The molecule has 1 saturated heterocycles. The number of rotatable bonds is 5. The summed E-state index contributed by atoms with van der Waals surface area (Å²) in [6.45, 7) is 6.10. The molecule has 1 atom stereocenters. The minimum Gasteiger partial charge on any atom is -0.336 e. The zero-order valence-corrected chi connectivity index (χ0v) is 15.4. The first-order chi connectivity index (χ1) is 12.5. The molecule has 1 fully saturated rings. The monoisotopic (exact) mass is 358 g/mol. The average Bonchev–Trinajstić information content (AvgIpc) is 2.67. The van der Waals surface area contributed by atoms with E-state index in [1.54, 1.807) is 18.0 Å². The Bertz CT molecular complexity index is 732. The second-order valence-electron chi connectivity index (χ2n) is 6.94. The number of anilines is 1. The quantitative estimate of drug-likeness (QED) is 0.840. The molecule has 2 aromatic rings. The highest BCUT2D eigenvalue weighted by molar-refractivity contribution is 5.79. The number of likely N-dealkylation sites (N-methyl/N-ethyl adjacent to an activating group) is 1. The zero-order chi connectivity index (χ0) is 18.5. The summed E-state index contributed by atoms with van der Waals surface area (Å²) in [5, 5.41) is 0. The van der Waals surface area contributed by atoms with E-state index in [9.17, 15) is 9.18 Å². The van der Waals surface area contributed by atoms with Gasteiger partial charge in [-0.2, -0.15) is 0 Å². The van der Waals surface area contributed by atoms with Gasteiger partial charge in [-0.05, 0) is 30.7 Å². The van der Waals surface area contributed by atoms with Crippen molar-refractivity contribution < 1.29 is 19.1 Å². The summed E-state index contributed by atoms with van der Waals surface area (Å²) in [6, 6.07) is 12.4. The molecule has 2 heterocycles. The third-order valence-electron chi connectivity index (χ3n) is 5.11. The molecule has 1 aliphatic rings. The van der Waals surface area contributed by atoms with Gasteiger partial charge in [-0.25, -0.2) is 9.37 Å². The van der Waals surface area contributed by atoms with Crippen LogP contribution in [0.3, 0.4) is 0 Å². The number of pyridine rings is 1. The molecule has 0 unspecified atom stereocenters. The predicted molar refractivity (Wildman–Crippen MR) is 98.2 cm³/mol. The fourth-order valence-electron chi connectivity index (χ4n) is 3.54. The number of nitrogens with one attached hydrogen (secondary N) is 2. The molecule has 0 aliphatic carbocycles. The van der Waals surface area contributed by atoms with Gasteiger partial charge >= 0.3 is 0 Å². The Morgan fingerprint density at radius 2 is 2.04 bits per heavy atom. The molecular weight excluding hydrogens is 331 g/mol. The maximum absolute atomic E-state index is 13.3. The first-order valence-corrected chi connectivity index (χ1v) is 9.10. The van der Waals surface area contributed by atoms with Gasteiger partial charge in [0.2, 0.25) is 0 Å². The van der Waals surface area contributed by atoms with Gasteiger partial charge in [-0.3, -0.25) is 9.69 Å². The van der Waals surface area contributed by atoms with Crippen LogP contribution in [-0.4, -0.2) is 50.1 Å². The van der Waals surface area contributed by atoms with Crippen LogP contribution in [0.4, 0.5) is 10.2 Å². The molecule has 5 nitrogen and oxygen atoms in total. The maximum atomic E-state index is 13.3. The van der Waals surface area contributed by atoms with Crippen molar-refractivity contribution in [2.75, 3.05) is 38.1 Å². The molecule has 0 radical (unpaired) electrons. The van der Waals surface area contributed by atoms with Gasteiger partial charge in [0.15, 0.2) is 6.04 Å². The van der Waals surface area contributed by atoms with Gasteiger partial charge in [0.25, 0.3) is 11.7 Å². The van der Waals surface area contributed by atoms with E-state index in [1.807, 2.05) is 31.3 Å².